The molecule has 89 heavy (non-hydrogen) atoms. The average molecular weight is 1140 g/mol. The highest BCUT2D eigenvalue weighted by atomic mass is 16.5. The highest BCUT2D eigenvalue weighted by Gasteiger charge is 2.48. The van der Waals surface area contributed by atoms with Gasteiger partial charge in [0.05, 0.1) is 56.2 Å². The van der Waals surface area contributed by atoms with Gasteiger partial charge in [0.25, 0.3) is 6.71 Å². The van der Waals surface area contributed by atoms with Crippen LogP contribution in [0.1, 0.15) is 26.3 Å². The van der Waals surface area contributed by atoms with Gasteiger partial charge in [0.1, 0.15) is 23.0 Å². The zero-order valence-corrected chi connectivity index (χ0v) is 49.2. The molecule has 0 saturated carbocycles. The fourth-order valence-corrected chi connectivity index (χ4v) is 15.5. The predicted molar refractivity (Wildman–Crippen MR) is 370 cm³/mol. The van der Waals surface area contributed by atoms with Gasteiger partial charge in [0.15, 0.2) is 0 Å². The van der Waals surface area contributed by atoms with Crippen LogP contribution in [0.5, 0.6) is 23.0 Å². The van der Waals surface area contributed by atoms with Gasteiger partial charge in [-0.15, -0.1) is 0 Å². The number of aromatic nitrogens is 2. The van der Waals surface area contributed by atoms with E-state index in [4.69, 9.17) is 9.47 Å². The molecule has 0 unspecified atom stereocenters. The maximum Gasteiger partial charge on any atom is 0.252 e. The summed E-state index contributed by atoms with van der Waals surface area (Å²) in [6, 6.07) is 103. The number of fused-ring (bicyclic) bond motifs is 22. The van der Waals surface area contributed by atoms with Gasteiger partial charge >= 0.3 is 0 Å². The van der Waals surface area contributed by atoms with Gasteiger partial charge < -0.3 is 28.4 Å². The molecule has 6 nitrogen and oxygen atoms in total. The Morgan fingerprint density at radius 2 is 0.607 bits per heavy atom. The molecule has 6 heterocycles. The zero-order chi connectivity index (χ0) is 58.8. The van der Waals surface area contributed by atoms with E-state index in [0.29, 0.717) is 0 Å². The molecule has 4 aliphatic rings. The monoisotopic (exact) mass is 1140 g/mol. The van der Waals surface area contributed by atoms with Gasteiger partial charge in [0, 0.05) is 77.4 Å². The van der Waals surface area contributed by atoms with Crippen LogP contribution in [0.3, 0.4) is 0 Å². The van der Waals surface area contributed by atoms with E-state index in [0.717, 1.165) is 135 Å². The highest BCUT2D eigenvalue weighted by molar-refractivity contribution is 7.00. The van der Waals surface area contributed by atoms with Crippen molar-refractivity contribution < 1.29 is 9.47 Å². The first-order chi connectivity index (χ1) is 43.9. The van der Waals surface area contributed by atoms with Gasteiger partial charge in [-0.3, -0.25) is 0 Å². The number of anilines is 6. The topological polar surface area (TPSA) is 34.8 Å². The number of hydrogen-bond donors (Lipinski definition) is 0. The fourth-order valence-electron chi connectivity index (χ4n) is 15.5. The number of ether oxygens (including phenoxy) is 2. The normalized spacial score (nSPS) is 13.2. The molecule has 0 saturated heterocycles. The Balaban J connectivity index is 1.04. The minimum atomic E-state index is -0.309. The van der Waals surface area contributed by atoms with Crippen molar-refractivity contribution in [3.63, 3.8) is 0 Å². The number of benzene rings is 13. The van der Waals surface area contributed by atoms with Crippen LogP contribution in [-0.2, 0) is 5.41 Å². The van der Waals surface area contributed by atoms with Crippen LogP contribution in [0.25, 0.3) is 99.5 Å². The first-order valence-electron chi connectivity index (χ1n) is 30.9. The third-order valence-corrected chi connectivity index (χ3v) is 19.3. The summed E-state index contributed by atoms with van der Waals surface area (Å²) >= 11 is 0. The molecule has 0 spiro atoms. The smallest absolute Gasteiger partial charge is 0.252 e. The molecule has 15 aromatic rings. The second-order valence-corrected chi connectivity index (χ2v) is 25.0. The molecule has 0 amide bonds. The molecule has 7 heteroatoms. The van der Waals surface area contributed by atoms with Crippen LogP contribution in [0, 0.1) is 0 Å². The lowest BCUT2D eigenvalue weighted by atomic mass is 9.33. The first-order valence-corrected chi connectivity index (χ1v) is 30.9. The number of nitrogens with zero attached hydrogens (tertiary/aromatic N) is 4. The summed E-state index contributed by atoms with van der Waals surface area (Å²) in [5.74, 6) is 3.14. The van der Waals surface area contributed by atoms with Crippen molar-refractivity contribution >= 4 is 101 Å². The molecule has 0 radical (unpaired) electrons. The largest absolute Gasteiger partial charge is 0.456 e. The molecule has 19 rings (SSSR count). The molecule has 0 atom stereocenters. The Hall–Kier alpha value is -11.3. The summed E-state index contributed by atoms with van der Waals surface area (Å²) in [6.07, 6.45) is 0. The van der Waals surface area contributed by atoms with Gasteiger partial charge in [-0.05, 0) is 112 Å². The van der Waals surface area contributed by atoms with E-state index < -0.39 is 0 Å². The van der Waals surface area contributed by atoms with Crippen LogP contribution < -0.4 is 35.7 Å². The van der Waals surface area contributed by atoms with Gasteiger partial charge in [0.2, 0.25) is 0 Å². The number of para-hydroxylation sites is 10. The Morgan fingerprint density at radius 1 is 0.292 bits per heavy atom. The van der Waals surface area contributed by atoms with Gasteiger partial charge in [-0.1, -0.05) is 215 Å². The lowest BCUT2D eigenvalue weighted by Crippen LogP contribution is -2.62. The Morgan fingerprint density at radius 3 is 0.989 bits per heavy atom. The van der Waals surface area contributed by atoms with Crippen molar-refractivity contribution in [2.45, 2.75) is 26.2 Å². The van der Waals surface area contributed by atoms with Crippen LogP contribution in [0.4, 0.5) is 34.1 Å². The Bertz CT molecular complexity index is 5110. The summed E-state index contributed by atoms with van der Waals surface area (Å²) in [5.41, 5.74) is 26.1. The van der Waals surface area contributed by atoms with Crippen molar-refractivity contribution in [3.05, 3.63) is 285 Å². The molecule has 0 N–H and O–H groups in total. The van der Waals surface area contributed by atoms with E-state index in [1.807, 2.05) is 0 Å². The van der Waals surface area contributed by atoms with Crippen molar-refractivity contribution in [1.29, 1.82) is 0 Å². The minimum absolute atomic E-state index is 0.297. The standard InChI is InChI=1S/C82H55BN4O2/c1-82(2,3)50-48-71-79-72(49-50)87-68-39-19-9-29-56(68)58-31-11-21-41-74(58)89-76-43-23-13-33-60(76)78-70(85-65-36-16-6-26-53(65)54-27-7-17-37-66(54)85)47-45-62(81(78)87)83(79)61-44-46-69(84-63-34-14-4-24-51(63)52-25-5-15-35-64(52)84)77-59-32-12-22-42-75(59)88-73-40-20-10-30-57(73)55-28-8-18-38-67(55)86(71)80(61)77/h4-49H,1-3H3. The summed E-state index contributed by atoms with van der Waals surface area (Å²) in [7, 11) is 0. The number of hydrogen-bond acceptors (Lipinski definition) is 4. The first kappa shape index (κ1) is 49.9. The molecule has 2 aromatic heterocycles. The fraction of sp³-hybridized carbons (Fsp3) is 0.0488. The molecule has 0 bridgehead atoms. The maximum absolute atomic E-state index is 7.43. The van der Waals surface area contributed by atoms with Crippen molar-refractivity contribution in [3.8, 4) is 78.9 Å². The van der Waals surface area contributed by atoms with E-state index in [2.05, 4.69) is 319 Å². The molecule has 4 aliphatic heterocycles. The van der Waals surface area contributed by atoms with Crippen molar-refractivity contribution in [2.75, 3.05) is 9.80 Å². The van der Waals surface area contributed by atoms with Crippen LogP contribution in [-0.4, -0.2) is 15.8 Å². The third kappa shape index (κ3) is 7.04. The highest BCUT2D eigenvalue weighted by Crippen LogP contribution is 2.58. The van der Waals surface area contributed by atoms with E-state index in [9.17, 15) is 0 Å². The Labute approximate surface area is 516 Å². The molecule has 418 valence electrons. The van der Waals surface area contributed by atoms with Gasteiger partial charge in [-0.25, -0.2) is 0 Å². The van der Waals surface area contributed by atoms with Crippen LogP contribution in [0.2, 0.25) is 0 Å². The molecular formula is C82H55BN4O2. The minimum Gasteiger partial charge on any atom is -0.456 e. The predicted octanol–water partition coefficient (Wildman–Crippen LogP) is 20.1. The van der Waals surface area contributed by atoms with E-state index in [1.165, 1.54) is 43.5 Å². The summed E-state index contributed by atoms with van der Waals surface area (Å²) in [4.78, 5) is 5.32. The molecule has 0 aliphatic carbocycles. The summed E-state index contributed by atoms with van der Waals surface area (Å²) in [6.45, 7) is 6.80. The van der Waals surface area contributed by atoms with Gasteiger partial charge in [-0.2, -0.15) is 0 Å². The third-order valence-electron chi connectivity index (χ3n) is 19.3. The lowest BCUT2D eigenvalue weighted by molar-refractivity contribution is 0.486. The SMILES string of the molecule is CC(C)(C)c1cc2c3c(c1)N1c4ccccc4-c4ccccc4Oc4ccccc4-c4c(-n5c6ccccc6c6ccccc65)ccc(c41)B3c1ccc(-n3c4ccccc4c4ccccc43)c3c1N2c1ccccc1-c1ccccc1Oc1ccccc1-3. The number of rotatable bonds is 2. The molecule has 13 aromatic carbocycles. The van der Waals surface area contributed by atoms with E-state index in [1.54, 1.807) is 0 Å². The van der Waals surface area contributed by atoms with Crippen molar-refractivity contribution in [1.82, 2.24) is 9.13 Å². The molecular weight excluding hydrogens is 1080 g/mol. The zero-order valence-electron chi connectivity index (χ0n) is 49.2. The molecule has 0 fully saturated rings. The average Bonchev–Trinajstić information content (AvgIpc) is 1.51. The van der Waals surface area contributed by atoms with Crippen LogP contribution >= 0.6 is 0 Å². The van der Waals surface area contributed by atoms with Crippen LogP contribution in [0.15, 0.2) is 279 Å². The quantitative estimate of drug-likeness (QED) is 0.162. The lowest BCUT2D eigenvalue weighted by Gasteiger charge is -2.47. The summed E-state index contributed by atoms with van der Waals surface area (Å²) in [5, 5.41) is 4.80. The second kappa shape index (κ2) is 18.6. The maximum atomic E-state index is 7.43. The van der Waals surface area contributed by atoms with E-state index in [-0.39, 0.29) is 12.1 Å². The second-order valence-electron chi connectivity index (χ2n) is 25.0. The van der Waals surface area contributed by atoms with Crippen molar-refractivity contribution in [2.24, 2.45) is 0 Å². The van der Waals surface area contributed by atoms with E-state index >= 15 is 0 Å². The Kier molecular flexibility index (Phi) is 10.4. The summed E-state index contributed by atoms with van der Waals surface area (Å²) < 4.78 is 19.9.